The van der Waals surface area contributed by atoms with Gasteiger partial charge in [0, 0.05) is 51.6 Å². The van der Waals surface area contributed by atoms with Crippen LogP contribution in [0.3, 0.4) is 0 Å². The lowest BCUT2D eigenvalue weighted by Crippen LogP contribution is -2.61. The van der Waals surface area contributed by atoms with E-state index < -0.39 is 91.9 Å². The van der Waals surface area contributed by atoms with Crippen molar-refractivity contribution in [3.63, 3.8) is 0 Å². The summed E-state index contributed by atoms with van der Waals surface area (Å²) in [5.41, 5.74) is 1.75. The maximum absolute atomic E-state index is 13.7. The van der Waals surface area contributed by atoms with Crippen LogP contribution in [0.15, 0.2) is 24.3 Å². The van der Waals surface area contributed by atoms with E-state index in [1.54, 1.807) is 0 Å². The standard InChI is InChI=1S/C40H64O13/c1-7-20(3)22(5)29(45)18-32-28(37(48-6)34(51-32)17-25(44)19-41)15-24(43)14-27-11-12-31-38(50-27)36(47)40-39(52-31)35(46)33(53-40)16-23(42)9-10-26-13-21(4)30(8-2)49-26/h20,25-41,44-47H,4-5,7-19H2,1-3,6H3/t20-,25?,26?,27?,28?,29?,30?,31?,32+,33-,34?,35?,36?,37-,38+,39?,40?/m1/s1. The van der Waals surface area contributed by atoms with Gasteiger partial charge in [-0.25, -0.2) is 0 Å². The molecule has 5 fully saturated rings. The number of hydrogen-bond donors (Lipinski definition) is 5. The molecule has 302 valence electrons. The van der Waals surface area contributed by atoms with E-state index in [2.05, 4.69) is 13.2 Å². The third-order valence-corrected chi connectivity index (χ3v) is 12.4. The summed E-state index contributed by atoms with van der Waals surface area (Å²) in [5, 5.41) is 53.2. The minimum atomic E-state index is -1.13. The summed E-state index contributed by atoms with van der Waals surface area (Å²) < 4.78 is 36.7. The van der Waals surface area contributed by atoms with E-state index >= 15 is 0 Å². The summed E-state index contributed by atoms with van der Waals surface area (Å²) >= 11 is 0. The molecule has 0 bridgehead atoms. The molecule has 0 aromatic rings. The number of carbonyl (C=O) groups is 2. The van der Waals surface area contributed by atoms with Gasteiger partial charge in [0.15, 0.2) is 0 Å². The van der Waals surface area contributed by atoms with Gasteiger partial charge in [-0.1, -0.05) is 33.9 Å². The molecule has 53 heavy (non-hydrogen) atoms. The number of fused-ring (bicyclic) bond motifs is 2. The fourth-order valence-electron chi connectivity index (χ4n) is 9.04. The second-order valence-corrected chi connectivity index (χ2v) is 16.1. The molecule has 17 atom stereocenters. The van der Waals surface area contributed by atoms with Crippen LogP contribution in [0.1, 0.15) is 97.8 Å². The summed E-state index contributed by atoms with van der Waals surface area (Å²) in [6.07, 6.45) is -5.25. The highest BCUT2D eigenvalue weighted by Gasteiger charge is 2.57. The molecule has 0 spiro atoms. The zero-order chi connectivity index (χ0) is 38.6. The molecule has 0 radical (unpaired) electrons. The Kier molecular flexibility index (Phi) is 15.3. The maximum Gasteiger partial charge on any atom is 0.135 e. The van der Waals surface area contributed by atoms with Crippen molar-refractivity contribution < 1.29 is 63.5 Å². The molecule has 5 aliphatic heterocycles. The van der Waals surface area contributed by atoms with E-state index in [0.717, 1.165) is 24.8 Å². The van der Waals surface area contributed by atoms with E-state index in [9.17, 15) is 35.1 Å². The molecule has 5 saturated heterocycles. The van der Waals surface area contributed by atoms with Crippen LogP contribution < -0.4 is 0 Å². The summed E-state index contributed by atoms with van der Waals surface area (Å²) in [6.45, 7) is 13.8. The minimum Gasteiger partial charge on any atom is -0.394 e. The zero-order valence-corrected chi connectivity index (χ0v) is 31.9. The van der Waals surface area contributed by atoms with E-state index in [0.29, 0.717) is 31.3 Å². The molecular formula is C40H64O13. The predicted octanol–water partition coefficient (Wildman–Crippen LogP) is 2.50. The van der Waals surface area contributed by atoms with Crippen LogP contribution in [-0.2, 0) is 38.0 Å². The van der Waals surface area contributed by atoms with Gasteiger partial charge in [-0.05, 0) is 55.6 Å². The van der Waals surface area contributed by atoms with Crippen molar-refractivity contribution in [2.24, 2.45) is 11.8 Å². The molecule has 13 heteroatoms. The molecule has 0 aliphatic carbocycles. The summed E-state index contributed by atoms with van der Waals surface area (Å²) in [4.78, 5) is 26.6. The van der Waals surface area contributed by atoms with Crippen molar-refractivity contribution in [3.8, 4) is 0 Å². The van der Waals surface area contributed by atoms with E-state index in [-0.39, 0.29) is 61.8 Å². The minimum absolute atomic E-state index is 0.000627. The Morgan fingerprint density at radius 3 is 2.26 bits per heavy atom. The number of hydrogen-bond acceptors (Lipinski definition) is 13. The number of rotatable bonds is 19. The number of aliphatic hydroxyl groups is 5. The lowest BCUT2D eigenvalue weighted by Gasteiger charge is -2.46. The zero-order valence-electron chi connectivity index (χ0n) is 31.9. The Morgan fingerprint density at radius 2 is 1.60 bits per heavy atom. The van der Waals surface area contributed by atoms with Crippen molar-refractivity contribution >= 4 is 11.6 Å². The number of aliphatic hydroxyl groups excluding tert-OH is 5. The molecule has 5 aliphatic rings. The second-order valence-electron chi connectivity index (χ2n) is 16.1. The number of carbonyl (C=O) groups excluding carboxylic acids is 2. The fraction of sp³-hybridized carbons (Fsp3) is 0.850. The molecular weight excluding hydrogens is 688 g/mol. The fourth-order valence-corrected chi connectivity index (χ4v) is 9.04. The average molecular weight is 753 g/mol. The second kappa shape index (κ2) is 19.0. The highest BCUT2D eigenvalue weighted by molar-refractivity contribution is 5.79. The van der Waals surface area contributed by atoms with Crippen molar-refractivity contribution in [1.82, 2.24) is 0 Å². The average Bonchev–Trinajstić information content (AvgIpc) is 3.77. The Bertz CT molecular complexity index is 1260. The maximum atomic E-state index is 13.7. The van der Waals surface area contributed by atoms with Gasteiger partial charge < -0.3 is 54.0 Å². The summed E-state index contributed by atoms with van der Waals surface area (Å²) in [5.74, 6) is -0.475. The van der Waals surface area contributed by atoms with E-state index in [1.807, 2.05) is 20.8 Å². The molecule has 5 rings (SSSR count). The Morgan fingerprint density at radius 1 is 0.868 bits per heavy atom. The van der Waals surface area contributed by atoms with Crippen LogP contribution >= 0.6 is 0 Å². The predicted molar refractivity (Wildman–Crippen MR) is 193 cm³/mol. The summed E-state index contributed by atoms with van der Waals surface area (Å²) in [7, 11) is 1.52. The lowest BCUT2D eigenvalue weighted by molar-refractivity contribution is -0.259. The number of ketones is 2. The quantitative estimate of drug-likeness (QED) is 0.121. The van der Waals surface area contributed by atoms with Gasteiger partial charge in [-0.2, -0.15) is 0 Å². The van der Waals surface area contributed by atoms with Crippen LogP contribution in [0.4, 0.5) is 0 Å². The van der Waals surface area contributed by atoms with Crippen molar-refractivity contribution in [2.75, 3.05) is 13.7 Å². The van der Waals surface area contributed by atoms with Gasteiger partial charge >= 0.3 is 0 Å². The molecule has 0 saturated carbocycles. The van der Waals surface area contributed by atoms with Gasteiger partial charge in [0.1, 0.15) is 42.1 Å². The van der Waals surface area contributed by atoms with Crippen molar-refractivity contribution in [1.29, 1.82) is 0 Å². The van der Waals surface area contributed by atoms with Crippen LogP contribution in [0.25, 0.3) is 0 Å². The first-order chi connectivity index (χ1) is 25.3. The van der Waals surface area contributed by atoms with Crippen LogP contribution in [0, 0.1) is 11.8 Å². The topological polar surface area (TPSA) is 191 Å². The molecule has 13 nitrogen and oxygen atoms in total. The van der Waals surface area contributed by atoms with Crippen molar-refractivity contribution in [3.05, 3.63) is 24.3 Å². The lowest BCUT2D eigenvalue weighted by atomic mass is 9.83. The van der Waals surface area contributed by atoms with Gasteiger partial charge in [-0.15, -0.1) is 0 Å². The molecule has 5 heterocycles. The molecule has 0 aromatic carbocycles. The molecule has 0 aromatic heterocycles. The number of methoxy groups -OCH3 is 1. The van der Waals surface area contributed by atoms with Crippen LogP contribution in [0.2, 0.25) is 0 Å². The normalized spacial score (nSPS) is 40.1. The molecule has 12 unspecified atom stereocenters. The third kappa shape index (κ3) is 10.0. The summed E-state index contributed by atoms with van der Waals surface area (Å²) in [6, 6.07) is 0. The third-order valence-electron chi connectivity index (χ3n) is 12.4. The highest BCUT2D eigenvalue weighted by Crippen LogP contribution is 2.42. The Hall–Kier alpha value is -1.62. The largest absolute Gasteiger partial charge is 0.394 e. The highest BCUT2D eigenvalue weighted by atomic mass is 16.6. The SMILES string of the molecule is C=C1CC(CCC(=O)C[C@H]2OC3C(OC4CCC(CC(=O)CC5[C@@H](OC)C(CC(O)CO)O[C@H]5CC(O)C(=C)[C@H](C)CC)O[C@@H]4C3O)C2O)OC1CC. The Balaban J connectivity index is 1.15. The first kappa shape index (κ1) is 42.5. The van der Waals surface area contributed by atoms with E-state index in [1.165, 1.54) is 7.11 Å². The molecule has 5 N–H and O–H groups in total. The van der Waals surface area contributed by atoms with Crippen LogP contribution in [0.5, 0.6) is 0 Å². The Labute approximate surface area is 314 Å². The number of ether oxygens (including phenoxy) is 6. The smallest absolute Gasteiger partial charge is 0.135 e. The van der Waals surface area contributed by atoms with Gasteiger partial charge in [0.2, 0.25) is 0 Å². The van der Waals surface area contributed by atoms with Gasteiger partial charge in [0.25, 0.3) is 0 Å². The van der Waals surface area contributed by atoms with Crippen molar-refractivity contribution in [2.45, 2.75) is 189 Å². The first-order valence-corrected chi connectivity index (χ1v) is 19.8. The molecule has 0 amide bonds. The van der Waals surface area contributed by atoms with Crippen LogP contribution in [-0.4, -0.2) is 142 Å². The van der Waals surface area contributed by atoms with E-state index in [4.69, 9.17) is 28.4 Å². The first-order valence-electron chi connectivity index (χ1n) is 19.8. The number of Topliss-reactive ketones (excluding diaryl/α,β-unsaturated/α-hetero) is 2. The monoisotopic (exact) mass is 752 g/mol. The van der Waals surface area contributed by atoms with Gasteiger partial charge in [0.05, 0.1) is 67.6 Å². The van der Waals surface area contributed by atoms with Gasteiger partial charge in [-0.3, -0.25) is 9.59 Å².